The van der Waals surface area contributed by atoms with E-state index in [-0.39, 0.29) is 0 Å². The van der Waals surface area contributed by atoms with Crippen molar-refractivity contribution in [1.82, 2.24) is 5.32 Å². The van der Waals surface area contributed by atoms with Crippen LogP contribution in [0.15, 0.2) is 30.2 Å². The second-order valence-electron chi connectivity index (χ2n) is 3.57. The number of allylic oxidation sites excluding steroid dienone is 1. The molecule has 0 bridgehead atoms. The minimum atomic E-state index is 0.582. The van der Waals surface area contributed by atoms with Gasteiger partial charge < -0.3 is 5.32 Å². The second kappa shape index (κ2) is 6.80. The molecule has 1 unspecified atom stereocenters. The van der Waals surface area contributed by atoms with E-state index in [0.717, 1.165) is 19.4 Å². The van der Waals surface area contributed by atoms with Gasteiger partial charge in [0.15, 0.2) is 0 Å². The molecule has 0 aromatic carbocycles. The quantitative estimate of drug-likeness (QED) is 0.537. The van der Waals surface area contributed by atoms with Gasteiger partial charge in [-0.1, -0.05) is 12.1 Å². The fourth-order valence-electron chi connectivity index (χ4n) is 1.40. The number of hydrogen-bond acceptors (Lipinski definition) is 2. The zero-order chi connectivity index (χ0) is 10.2. The SMILES string of the molecule is C=CCCCNC(C)Cc1cccs1. The molecule has 1 rings (SSSR count). The first-order chi connectivity index (χ1) is 6.83. The van der Waals surface area contributed by atoms with E-state index < -0.39 is 0 Å². The molecule has 0 aliphatic heterocycles. The average molecular weight is 209 g/mol. The van der Waals surface area contributed by atoms with Crippen molar-refractivity contribution < 1.29 is 0 Å². The van der Waals surface area contributed by atoms with Crippen LogP contribution in [0.25, 0.3) is 0 Å². The van der Waals surface area contributed by atoms with Crippen LogP contribution in [0.5, 0.6) is 0 Å². The molecular weight excluding hydrogens is 190 g/mol. The maximum absolute atomic E-state index is 3.71. The van der Waals surface area contributed by atoms with E-state index in [1.54, 1.807) is 0 Å². The van der Waals surface area contributed by atoms with Gasteiger partial charge in [-0.2, -0.15) is 0 Å². The number of hydrogen-bond donors (Lipinski definition) is 1. The highest BCUT2D eigenvalue weighted by molar-refractivity contribution is 7.09. The third-order valence-electron chi connectivity index (χ3n) is 2.17. The van der Waals surface area contributed by atoms with Crippen molar-refractivity contribution in [2.24, 2.45) is 0 Å². The normalized spacial score (nSPS) is 12.6. The van der Waals surface area contributed by atoms with E-state index in [2.05, 4.69) is 36.3 Å². The van der Waals surface area contributed by atoms with Gasteiger partial charge in [-0.15, -0.1) is 17.9 Å². The van der Waals surface area contributed by atoms with Gasteiger partial charge in [-0.3, -0.25) is 0 Å². The molecule has 1 N–H and O–H groups in total. The van der Waals surface area contributed by atoms with Gasteiger partial charge in [-0.05, 0) is 44.2 Å². The van der Waals surface area contributed by atoms with E-state index in [1.807, 2.05) is 17.4 Å². The lowest BCUT2D eigenvalue weighted by molar-refractivity contribution is 0.539. The lowest BCUT2D eigenvalue weighted by Gasteiger charge is -2.11. The number of unbranched alkanes of at least 4 members (excludes halogenated alkanes) is 1. The predicted molar refractivity (Wildman–Crippen MR) is 64.9 cm³/mol. The van der Waals surface area contributed by atoms with Crippen molar-refractivity contribution in [2.75, 3.05) is 6.54 Å². The lowest BCUT2D eigenvalue weighted by Crippen LogP contribution is -2.28. The van der Waals surface area contributed by atoms with Crippen molar-refractivity contribution in [3.05, 3.63) is 35.0 Å². The van der Waals surface area contributed by atoms with Gasteiger partial charge in [0.05, 0.1) is 0 Å². The summed E-state index contributed by atoms with van der Waals surface area (Å²) < 4.78 is 0. The maximum Gasteiger partial charge on any atom is 0.00870 e. The van der Waals surface area contributed by atoms with Crippen molar-refractivity contribution >= 4 is 11.3 Å². The summed E-state index contributed by atoms with van der Waals surface area (Å²) in [5.41, 5.74) is 0. The van der Waals surface area contributed by atoms with Crippen LogP contribution in [0.3, 0.4) is 0 Å². The summed E-state index contributed by atoms with van der Waals surface area (Å²) in [7, 11) is 0. The Balaban J connectivity index is 2.10. The molecule has 2 heteroatoms. The largest absolute Gasteiger partial charge is 0.314 e. The lowest BCUT2D eigenvalue weighted by atomic mass is 10.2. The Morgan fingerprint density at radius 2 is 2.50 bits per heavy atom. The Labute approximate surface area is 90.9 Å². The first kappa shape index (κ1) is 11.5. The van der Waals surface area contributed by atoms with Gasteiger partial charge in [0.1, 0.15) is 0 Å². The summed E-state index contributed by atoms with van der Waals surface area (Å²) in [6.07, 6.45) is 5.42. The molecule has 78 valence electrons. The van der Waals surface area contributed by atoms with Gasteiger partial charge in [0.2, 0.25) is 0 Å². The zero-order valence-electron chi connectivity index (χ0n) is 8.83. The third-order valence-corrected chi connectivity index (χ3v) is 3.06. The Kier molecular flexibility index (Phi) is 5.57. The molecule has 1 nitrogen and oxygen atoms in total. The van der Waals surface area contributed by atoms with Crippen LogP contribution in [0.1, 0.15) is 24.6 Å². The van der Waals surface area contributed by atoms with Gasteiger partial charge >= 0.3 is 0 Å². The number of rotatable bonds is 7. The summed E-state index contributed by atoms with van der Waals surface area (Å²) in [5.74, 6) is 0. The molecule has 1 atom stereocenters. The van der Waals surface area contributed by atoms with Crippen molar-refractivity contribution in [1.29, 1.82) is 0 Å². The topological polar surface area (TPSA) is 12.0 Å². The molecule has 0 saturated heterocycles. The molecular formula is C12H19NS. The molecule has 0 aliphatic carbocycles. The summed E-state index contributed by atoms with van der Waals surface area (Å²) in [6.45, 7) is 7.05. The van der Waals surface area contributed by atoms with Gasteiger partial charge in [0, 0.05) is 10.9 Å². The number of nitrogens with one attached hydrogen (secondary N) is 1. The molecule has 0 aliphatic rings. The summed E-state index contributed by atoms with van der Waals surface area (Å²) >= 11 is 1.84. The van der Waals surface area contributed by atoms with E-state index in [9.17, 15) is 0 Å². The average Bonchev–Trinajstić information content (AvgIpc) is 2.65. The standard InChI is InChI=1S/C12H19NS/c1-3-4-5-8-13-11(2)10-12-7-6-9-14-12/h3,6-7,9,11,13H,1,4-5,8,10H2,2H3. The van der Waals surface area contributed by atoms with Crippen molar-refractivity contribution in [3.63, 3.8) is 0 Å². The van der Waals surface area contributed by atoms with Crippen LogP contribution >= 0.6 is 11.3 Å². The molecule has 14 heavy (non-hydrogen) atoms. The molecule has 0 saturated carbocycles. The van der Waals surface area contributed by atoms with E-state index in [4.69, 9.17) is 0 Å². The minimum Gasteiger partial charge on any atom is -0.314 e. The maximum atomic E-state index is 3.71. The molecule has 0 spiro atoms. The number of thiophene rings is 1. The van der Waals surface area contributed by atoms with Crippen LogP contribution < -0.4 is 5.32 Å². The molecule has 1 heterocycles. The predicted octanol–water partition coefficient (Wildman–Crippen LogP) is 3.23. The van der Waals surface area contributed by atoms with E-state index in [0.29, 0.717) is 6.04 Å². The summed E-state index contributed by atoms with van der Waals surface area (Å²) in [4.78, 5) is 1.47. The second-order valence-corrected chi connectivity index (χ2v) is 4.60. The summed E-state index contributed by atoms with van der Waals surface area (Å²) in [6, 6.07) is 4.90. The van der Waals surface area contributed by atoms with Crippen LogP contribution in [-0.4, -0.2) is 12.6 Å². The molecule has 0 fully saturated rings. The highest BCUT2D eigenvalue weighted by Gasteiger charge is 2.02. The minimum absolute atomic E-state index is 0.582. The molecule has 0 amide bonds. The van der Waals surface area contributed by atoms with Crippen LogP contribution in [0.4, 0.5) is 0 Å². The zero-order valence-corrected chi connectivity index (χ0v) is 9.65. The fourth-order valence-corrected chi connectivity index (χ4v) is 2.23. The first-order valence-corrected chi connectivity index (χ1v) is 6.07. The highest BCUT2D eigenvalue weighted by atomic mass is 32.1. The Morgan fingerprint density at radius 1 is 1.64 bits per heavy atom. The smallest absolute Gasteiger partial charge is 0.00870 e. The Hall–Kier alpha value is -0.600. The molecule has 1 aromatic rings. The molecule has 1 aromatic heterocycles. The Morgan fingerprint density at radius 3 is 3.14 bits per heavy atom. The van der Waals surface area contributed by atoms with Crippen molar-refractivity contribution in [3.8, 4) is 0 Å². The van der Waals surface area contributed by atoms with Crippen LogP contribution in [-0.2, 0) is 6.42 Å². The third kappa shape index (κ3) is 4.58. The summed E-state index contributed by atoms with van der Waals surface area (Å²) in [5, 5.41) is 5.65. The van der Waals surface area contributed by atoms with Crippen LogP contribution in [0, 0.1) is 0 Å². The highest BCUT2D eigenvalue weighted by Crippen LogP contribution is 2.10. The fraction of sp³-hybridized carbons (Fsp3) is 0.500. The van der Waals surface area contributed by atoms with Crippen LogP contribution in [0.2, 0.25) is 0 Å². The van der Waals surface area contributed by atoms with E-state index >= 15 is 0 Å². The molecule has 0 radical (unpaired) electrons. The monoisotopic (exact) mass is 209 g/mol. The van der Waals surface area contributed by atoms with E-state index in [1.165, 1.54) is 11.3 Å². The Bertz CT molecular complexity index is 241. The van der Waals surface area contributed by atoms with Crippen molar-refractivity contribution in [2.45, 2.75) is 32.2 Å². The van der Waals surface area contributed by atoms with Gasteiger partial charge in [0.25, 0.3) is 0 Å². The van der Waals surface area contributed by atoms with Gasteiger partial charge in [-0.25, -0.2) is 0 Å². The first-order valence-electron chi connectivity index (χ1n) is 5.19.